The molecule has 2 atom stereocenters. The summed E-state index contributed by atoms with van der Waals surface area (Å²) in [6.07, 6.45) is 1.26. The molecule has 1 fully saturated rings. The Balaban J connectivity index is 2.06. The molecule has 1 saturated heterocycles. The average molecular weight is 606 g/mol. The average Bonchev–Trinajstić information content (AvgIpc) is 3.27. The highest BCUT2D eigenvalue weighted by molar-refractivity contribution is 7.85. The molecule has 0 aromatic carbocycles. The number of amides is 2. The van der Waals surface area contributed by atoms with Gasteiger partial charge < -0.3 is 25.7 Å². The van der Waals surface area contributed by atoms with Gasteiger partial charge in [0, 0.05) is 11.8 Å². The predicted molar refractivity (Wildman–Crippen MR) is 143 cm³/mol. The molecule has 2 rings (SSSR count). The zero-order valence-electron chi connectivity index (χ0n) is 23.1. The van der Waals surface area contributed by atoms with Crippen LogP contribution in [0.5, 0.6) is 0 Å². The van der Waals surface area contributed by atoms with E-state index in [4.69, 9.17) is 19.5 Å². The monoisotopic (exact) mass is 605 g/mol. The molecule has 0 saturated carbocycles. The summed E-state index contributed by atoms with van der Waals surface area (Å²) in [6, 6.07) is -2.27. The topological polar surface area (TPSA) is 217 Å². The van der Waals surface area contributed by atoms with Crippen molar-refractivity contribution in [2.45, 2.75) is 78.5 Å². The quantitative estimate of drug-likeness (QED) is 0.111. The van der Waals surface area contributed by atoms with Gasteiger partial charge in [0.25, 0.3) is 11.8 Å². The van der Waals surface area contributed by atoms with Gasteiger partial charge in [-0.05, 0) is 39.0 Å². The number of nitrogens with two attached hydrogens (primary N) is 1. The molecule has 17 heteroatoms. The molecule has 1 aromatic rings. The molecule has 1 aliphatic heterocycles. The van der Waals surface area contributed by atoms with Gasteiger partial charge in [-0.25, -0.2) is 14.1 Å². The second-order valence-electron chi connectivity index (χ2n) is 10.3. The van der Waals surface area contributed by atoms with Crippen LogP contribution in [-0.4, -0.2) is 83.2 Å². The minimum atomic E-state index is -4.50. The van der Waals surface area contributed by atoms with Crippen molar-refractivity contribution in [1.82, 2.24) is 14.6 Å². The largest absolute Gasteiger partial charge is 0.478 e. The molecule has 15 nitrogen and oxygen atoms in total. The molecule has 0 aliphatic carbocycles. The molecule has 0 bridgehead atoms. The fourth-order valence-corrected chi connectivity index (χ4v) is 5.18. The fourth-order valence-electron chi connectivity index (χ4n) is 3.18. The van der Waals surface area contributed by atoms with Crippen LogP contribution in [0.1, 0.15) is 66.5 Å². The Kier molecular flexibility index (Phi) is 10.6. The van der Waals surface area contributed by atoms with Crippen LogP contribution < -0.4 is 11.1 Å². The second kappa shape index (κ2) is 12.9. The maximum atomic E-state index is 13.0. The molecule has 2 amide bonds. The first kappa shape index (κ1) is 32.9. The Bertz CT molecular complexity index is 1260. The zero-order chi connectivity index (χ0) is 30.5. The number of anilines is 1. The molecular formula is C23H35N5O10S2. The summed E-state index contributed by atoms with van der Waals surface area (Å²) in [5.74, 6) is -3.61. The number of oxime groups is 1. The highest BCUT2D eigenvalue weighted by atomic mass is 32.2. The van der Waals surface area contributed by atoms with E-state index in [0.717, 1.165) is 11.3 Å². The maximum absolute atomic E-state index is 13.0. The molecular weight excluding hydrogens is 570 g/mol. The molecule has 1 aromatic heterocycles. The summed E-state index contributed by atoms with van der Waals surface area (Å²) in [6.45, 7) is 8.92. The number of carbonyl (C=O) groups excluding carboxylic acids is 3. The summed E-state index contributed by atoms with van der Waals surface area (Å²) in [4.78, 5) is 57.6. The van der Waals surface area contributed by atoms with Crippen LogP contribution in [0, 0.1) is 5.41 Å². The lowest BCUT2D eigenvalue weighted by Gasteiger charge is -2.43. The van der Waals surface area contributed by atoms with E-state index in [0.29, 0.717) is 17.1 Å². The molecule has 0 radical (unpaired) electrons. The van der Waals surface area contributed by atoms with Crippen molar-refractivity contribution in [1.29, 1.82) is 0 Å². The lowest BCUT2D eigenvalue weighted by molar-refractivity contribution is -0.161. The summed E-state index contributed by atoms with van der Waals surface area (Å²) < 4.78 is 36.3. The van der Waals surface area contributed by atoms with Gasteiger partial charge in [-0.3, -0.25) is 18.6 Å². The smallest absolute Gasteiger partial charge is 0.365 e. The van der Waals surface area contributed by atoms with Gasteiger partial charge in [0.05, 0.1) is 19.3 Å². The van der Waals surface area contributed by atoms with Crippen LogP contribution in [0.25, 0.3) is 0 Å². The SMILES string of the molecule is CCCC(=O)OCCC(C)(C)COS(=O)(=O)N1C(=O)[C@@H](NC(=O)/C(=N/OC(C)(C)C(=O)O)c2csc(N)n2)[C@@H]1C. The Morgan fingerprint density at radius 3 is 2.45 bits per heavy atom. The summed E-state index contributed by atoms with van der Waals surface area (Å²) in [5, 5.41) is 16.7. The highest BCUT2D eigenvalue weighted by Crippen LogP contribution is 2.28. The first-order chi connectivity index (χ1) is 18.4. The Morgan fingerprint density at radius 2 is 1.93 bits per heavy atom. The van der Waals surface area contributed by atoms with Crippen molar-refractivity contribution in [3.05, 3.63) is 11.1 Å². The van der Waals surface area contributed by atoms with Crippen molar-refractivity contribution in [2.75, 3.05) is 18.9 Å². The third-order valence-electron chi connectivity index (χ3n) is 5.82. The fraction of sp³-hybridized carbons (Fsp3) is 0.652. The minimum Gasteiger partial charge on any atom is -0.478 e. The van der Waals surface area contributed by atoms with Crippen molar-refractivity contribution in [2.24, 2.45) is 10.6 Å². The van der Waals surface area contributed by atoms with E-state index in [9.17, 15) is 32.7 Å². The first-order valence-corrected chi connectivity index (χ1v) is 14.6. The van der Waals surface area contributed by atoms with Crippen molar-refractivity contribution < 1.29 is 46.5 Å². The van der Waals surface area contributed by atoms with Crippen LogP contribution >= 0.6 is 11.3 Å². The van der Waals surface area contributed by atoms with Gasteiger partial charge in [0.1, 0.15) is 11.7 Å². The van der Waals surface area contributed by atoms with E-state index < -0.39 is 56.9 Å². The second-order valence-corrected chi connectivity index (χ2v) is 12.7. The number of thiazole rings is 1. The molecule has 2 heterocycles. The van der Waals surface area contributed by atoms with Crippen LogP contribution in [0.4, 0.5) is 5.13 Å². The number of ether oxygens (including phenoxy) is 1. The number of nitrogens with one attached hydrogen (secondary N) is 1. The summed E-state index contributed by atoms with van der Waals surface area (Å²) in [7, 11) is -4.50. The number of nitrogen functional groups attached to an aromatic ring is 1. The van der Waals surface area contributed by atoms with Crippen LogP contribution in [0.3, 0.4) is 0 Å². The Hall–Kier alpha value is -3.31. The Labute approximate surface area is 236 Å². The zero-order valence-corrected chi connectivity index (χ0v) is 24.8. The molecule has 0 unspecified atom stereocenters. The third kappa shape index (κ3) is 8.34. The number of rotatable bonds is 15. The molecule has 224 valence electrons. The number of aliphatic carboxylic acids is 1. The van der Waals surface area contributed by atoms with Gasteiger partial charge in [-0.1, -0.05) is 25.9 Å². The van der Waals surface area contributed by atoms with Crippen molar-refractivity contribution in [3.63, 3.8) is 0 Å². The number of carboxylic acids is 1. The number of aromatic nitrogens is 1. The molecule has 1 aliphatic rings. The van der Waals surface area contributed by atoms with Gasteiger partial charge in [0.15, 0.2) is 10.8 Å². The summed E-state index contributed by atoms with van der Waals surface area (Å²) in [5.41, 5.74) is 2.65. The number of hydrogen-bond donors (Lipinski definition) is 3. The van der Waals surface area contributed by atoms with Gasteiger partial charge in [-0.2, -0.15) is 8.42 Å². The summed E-state index contributed by atoms with van der Waals surface area (Å²) >= 11 is 0.987. The molecule has 4 N–H and O–H groups in total. The lowest BCUT2D eigenvalue weighted by atomic mass is 9.91. The van der Waals surface area contributed by atoms with Crippen molar-refractivity contribution >= 4 is 56.2 Å². The van der Waals surface area contributed by atoms with Gasteiger partial charge in [0.2, 0.25) is 5.60 Å². The number of β-lactam (4-membered cyclic amide) rings is 1. The van der Waals surface area contributed by atoms with E-state index >= 15 is 0 Å². The van der Waals surface area contributed by atoms with E-state index in [1.807, 2.05) is 6.92 Å². The first-order valence-electron chi connectivity index (χ1n) is 12.3. The number of hydrogen-bond acceptors (Lipinski definition) is 13. The van der Waals surface area contributed by atoms with E-state index in [2.05, 4.69) is 15.5 Å². The maximum Gasteiger partial charge on any atom is 0.365 e. The van der Waals surface area contributed by atoms with Crippen LogP contribution in [0.2, 0.25) is 0 Å². The Morgan fingerprint density at radius 1 is 1.27 bits per heavy atom. The third-order valence-corrected chi connectivity index (χ3v) is 7.90. The van der Waals surface area contributed by atoms with E-state index in [-0.39, 0.29) is 36.4 Å². The number of esters is 1. The molecule has 40 heavy (non-hydrogen) atoms. The van der Waals surface area contributed by atoms with Crippen LogP contribution in [-0.2, 0) is 43.2 Å². The number of carboxylic acid groups (broad SMARTS) is 1. The standard InChI is InChI=1S/C23H35N5O10S2/c1-7-8-15(29)36-10-9-22(3,4)12-37-40(34,35)28-13(2)16(19(28)31)26-18(30)17(14-11-39-21(24)25-14)27-38-23(5,6)20(32)33/h11,13,16H,7-10,12H2,1-6H3,(H2,24,25)(H,26,30)(H,32,33)/b27-17+/t13-,16-/m0/s1. The minimum absolute atomic E-state index is 0.0315. The van der Waals surface area contributed by atoms with Gasteiger partial charge in [-0.15, -0.1) is 11.3 Å². The van der Waals surface area contributed by atoms with Crippen molar-refractivity contribution in [3.8, 4) is 0 Å². The number of carbonyl (C=O) groups is 4. The van der Waals surface area contributed by atoms with E-state index in [1.54, 1.807) is 13.8 Å². The molecule has 0 spiro atoms. The normalized spacial score (nSPS) is 18.2. The van der Waals surface area contributed by atoms with Crippen LogP contribution in [0.15, 0.2) is 10.5 Å². The predicted octanol–water partition coefficient (Wildman–Crippen LogP) is 1.05. The van der Waals surface area contributed by atoms with E-state index in [1.165, 1.54) is 26.2 Å². The lowest BCUT2D eigenvalue weighted by Crippen LogP contribution is -2.71. The van der Waals surface area contributed by atoms with Gasteiger partial charge >= 0.3 is 22.2 Å². The highest BCUT2D eigenvalue weighted by Gasteiger charge is 2.53. The number of nitrogens with zero attached hydrogens (tertiary/aromatic N) is 3.